The fourth-order valence-electron chi connectivity index (χ4n) is 2.58. The number of carbonyl (C=O) groups is 3. The molecule has 2 aromatic carbocycles. The first kappa shape index (κ1) is 18.7. The molecule has 27 heavy (non-hydrogen) atoms. The van der Waals surface area contributed by atoms with Crippen molar-refractivity contribution in [2.24, 2.45) is 7.05 Å². The topological polar surface area (TPSA) is 92.2 Å². The van der Waals surface area contributed by atoms with E-state index < -0.39 is 11.8 Å². The highest BCUT2D eigenvalue weighted by atomic mass is 79.9. The number of nitrogens with one attached hydrogen (secondary N) is 3. The zero-order chi connectivity index (χ0) is 19.4. The molecule has 0 aliphatic rings. The van der Waals surface area contributed by atoms with Crippen molar-refractivity contribution >= 4 is 44.4 Å². The molecule has 3 rings (SSSR count). The van der Waals surface area contributed by atoms with E-state index in [2.05, 4.69) is 32.1 Å². The van der Waals surface area contributed by atoms with Gasteiger partial charge in [-0.3, -0.25) is 25.2 Å². The number of amides is 3. The Labute approximate surface area is 163 Å². The maximum Gasteiger partial charge on any atom is 0.286 e. The molecular weight excluding hydrogens is 412 g/mol. The van der Waals surface area contributed by atoms with Crippen LogP contribution in [0.5, 0.6) is 0 Å². The normalized spacial score (nSPS) is 10.4. The summed E-state index contributed by atoms with van der Waals surface area (Å²) < 4.78 is 2.37. The lowest BCUT2D eigenvalue weighted by Gasteiger charge is -2.09. The van der Waals surface area contributed by atoms with Crippen molar-refractivity contribution in [3.05, 3.63) is 70.5 Å². The number of carbonyl (C=O) groups excluding carboxylic acids is 3. The second-order valence-electron chi connectivity index (χ2n) is 5.90. The Bertz CT molecular complexity index is 1030. The number of halogens is 1. The summed E-state index contributed by atoms with van der Waals surface area (Å²) in [5, 5.41) is 4.50. The van der Waals surface area contributed by atoms with E-state index in [1.165, 1.54) is 0 Å². The minimum absolute atomic E-state index is 0.261. The molecule has 0 bridgehead atoms. The Hall–Kier alpha value is -3.13. The molecule has 1 aromatic heterocycles. The molecule has 0 unspecified atom stereocenters. The molecule has 3 aromatic rings. The second kappa shape index (κ2) is 8.05. The van der Waals surface area contributed by atoms with Crippen molar-refractivity contribution in [1.29, 1.82) is 0 Å². The minimum atomic E-state index is -0.536. The van der Waals surface area contributed by atoms with Gasteiger partial charge in [0.15, 0.2) is 0 Å². The van der Waals surface area contributed by atoms with Crippen molar-refractivity contribution in [3.63, 3.8) is 0 Å². The lowest BCUT2D eigenvalue weighted by molar-refractivity contribution is -0.120. The monoisotopic (exact) mass is 428 g/mol. The molecule has 0 atom stereocenters. The molecule has 138 valence electrons. The van der Waals surface area contributed by atoms with E-state index in [-0.39, 0.29) is 12.5 Å². The summed E-state index contributed by atoms with van der Waals surface area (Å²) in [6, 6.07) is 14.6. The predicted molar refractivity (Wildman–Crippen MR) is 105 cm³/mol. The third-order valence-electron chi connectivity index (χ3n) is 3.94. The van der Waals surface area contributed by atoms with Crippen LogP contribution in [0.2, 0.25) is 0 Å². The van der Waals surface area contributed by atoms with Gasteiger partial charge in [-0.15, -0.1) is 0 Å². The van der Waals surface area contributed by atoms with E-state index in [0.717, 1.165) is 15.2 Å². The van der Waals surface area contributed by atoms with Gasteiger partial charge in [0.25, 0.3) is 17.7 Å². The number of hydrogen-bond donors (Lipinski definition) is 3. The van der Waals surface area contributed by atoms with Gasteiger partial charge in [0.1, 0.15) is 5.69 Å². The van der Waals surface area contributed by atoms with Crippen molar-refractivity contribution < 1.29 is 14.4 Å². The van der Waals surface area contributed by atoms with Gasteiger partial charge in [0.05, 0.1) is 6.54 Å². The number of nitrogens with zero attached hydrogens (tertiary/aromatic N) is 1. The zero-order valence-corrected chi connectivity index (χ0v) is 16.0. The quantitative estimate of drug-likeness (QED) is 0.555. The van der Waals surface area contributed by atoms with E-state index in [9.17, 15) is 14.4 Å². The van der Waals surface area contributed by atoms with Crippen molar-refractivity contribution in [3.8, 4) is 0 Å². The smallest absolute Gasteiger partial charge is 0.286 e. The first-order valence-electron chi connectivity index (χ1n) is 8.12. The van der Waals surface area contributed by atoms with Crippen LogP contribution in [0.1, 0.15) is 20.8 Å². The van der Waals surface area contributed by atoms with Crippen LogP contribution < -0.4 is 16.2 Å². The van der Waals surface area contributed by atoms with E-state index in [4.69, 9.17) is 0 Å². The van der Waals surface area contributed by atoms with Crippen LogP contribution in [0.15, 0.2) is 59.2 Å². The fraction of sp³-hybridized carbons (Fsp3) is 0.105. The molecule has 0 aliphatic heterocycles. The standard InChI is InChI=1S/C19H17BrN4O3/c1-24-11-15(20)9-16(24)19(27)23-22-17(25)10-21-18(26)14-7-6-12-4-2-3-5-13(12)8-14/h2-9,11H,10H2,1H3,(H,21,26)(H,22,25)(H,23,27). The summed E-state index contributed by atoms with van der Waals surface area (Å²) in [4.78, 5) is 36.1. The highest BCUT2D eigenvalue weighted by molar-refractivity contribution is 9.10. The lowest BCUT2D eigenvalue weighted by Crippen LogP contribution is -2.46. The Morgan fingerprint density at radius 2 is 1.70 bits per heavy atom. The average molecular weight is 429 g/mol. The van der Waals surface area contributed by atoms with Crippen LogP contribution >= 0.6 is 15.9 Å². The zero-order valence-electron chi connectivity index (χ0n) is 14.5. The van der Waals surface area contributed by atoms with Crippen LogP contribution in [0.25, 0.3) is 10.8 Å². The summed E-state index contributed by atoms with van der Waals surface area (Å²) in [5.41, 5.74) is 5.42. The highest BCUT2D eigenvalue weighted by Gasteiger charge is 2.13. The van der Waals surface area contributed by atoms with Crippen molar-refractivity contribution in [2.45, 2.75) is 0 Å². The Morgan fingerprint density at radius 3 is 2.41 bits per heavy atom. The Kier molecular flexibility index (Phi) is 5.56. The van der Waals surface area contributed by atoms with E-state index in [0.29, 0.717) is 11.3 Å². The first-order valence-corrected chi connectivity index (χ1v) is 8.91. The largest absolute Gasteiger partial charge is 0.345 e. The number of rotatable bonds is 4. The maximum atomic E-state index is 12.2. The number of hydrazine groups is 1. The van der Waals surface area contributed by atoms with Gasteiger partial charge in [-0.05, 0) is 44.9 Å². The third kappa shape index (κ3) is 4.53. The maximum absolute atomic E-state index is 12.2. The highest BCUT2D eigenvalue weighted by Crippen LogP contribution is 2.15. The van der Waals surface area contributed by atoms with E-state index in [1.54, 1.807) is 36.0 Å². The molecule has 1 heterocycles. The molecule has 0 saturated carbocycles. The van der Waals surface area contributed by atoms with Gasteiger partial charge < -0.3 is 9.88 Å². The number of hydrogen-bond acceptors (Lipinski definition) is 3. The van der Waals surface area contributed by atoms with Crippen LogP contribution in [-0.4, -0.2) is 28.8 Å². The van der Waals surface area contributed by atoms with Gasteiger partial charge in [-0.2, -0.15) is 0 Å². The molecular formula is C19H17BrN4O3. The molecule has 0 aliphatic carbocycles. The number of fused-ring (bicyclic) bond motifs is 1. The van der Waals surface area contributed by atoms with Crippen molar-refractivity contribution in [1.82, 2.24) is 20.7 Å². The third-order valence-corrected chi connectivity index (χ3v) is 4.37. The van der Waals surface area contributed by atoms with Gasteiger partial charge >= 0.3 is 0 Å². The lowest BCUT2D eigenvalue weighted by atomic mass is 10.1. The molecule has 0 saturated heterocycles. The fourth-order valence-corrected chi connectivity index (χ4v) is 3.10. The van der Waals surface area contributed by atoms with Gasteiger partial charge in [0.2, 0.25) is 0 Å². The molecule has 0 spiro atoms. The van der Waals surface area contributed by atoms with Crippen molar-refractivity contribution in [2.75, 3.05) is 6.54 Å². The van der Waals surface area contributed by atoms with Crippen LogP contribution in [0, 0.1) is 0 Å². The predicted octanol–water partition coefficient (Wildman–Crippen LogP) is 2.13. The Balaban J connectivity index is 1.51. The van der Waals surface area contributed by atoms with E-state index >= 15 is 0 Å². The molecule has 3 amide bonds. The summed E-state index contributed by atoms with van der Waals surface area (Å²) in [6.45, 7) is -0.261. The first-order chi connectivity index (χ1) is 12.9. The van der Waals surface area contributed by atoms with Gasteiger partial charge in [0, 0.05) is 23.3 Å². The van der Waals surface area contributed by atoms with Crippen LogP contribution in [0.3, 0.4) is 0 Å². The molecule has 0 radical (unpaired) electrons. The summed E-state index contributed by atoms with van der Waals surface area (Å²) in [5.74, 6) is -1.36. The van der Waals surface area contributed by atoms with Crippen LogP contribution in [-0.2, 0) is 11.8 Å². The second-order valence-corrected chi connectivity index (χ2v) is 6.82. The van der Waals surface area contributed by atoms with Gasteiger partial charge in [-0.1, -0.05) is 30.3 Å². The Morgan fingerprint density at radius 1 is 0.963 bits per heavy atom. The van der Waals surface area contributed by atoms with E-state index in [1.807, 2.05) is 30.3 Å². The number of aromatic nitrogens is 1. The summed E-state index contributed by atoms with van der Waals surface area (Å²) >= 11 is 3.27. The SMILES string of the molecule is Cn1cc(Br)cc1C(=O)NNC(=O)CNC(=O)c1ccc2ccccc2c1. The average Bonchev–Trinajstić information content (AvgIpc) is 3.01. The number of aryl methyl sites for hydroxylation is 1. The number of benzene rings is 2. The molecule has 3 N–H and O–H groups in total. The molecule has 7 nitrogen and oxygen atoms in total. The minimum Gasteiger partial charge on any atom is -0.345 e. The summed E-state index contributed by atoms with van der Waals surface area (Å²) in [7, 11) is 1.71. The molecule has 0 fully saturated rings. The molecule has 8 heteroatoms. The van der Waals surface area contributed by atoms with Gasteiger partial charge in [-0.25, -0.2) is 0 Å². The van der Waals surface area contributed by atoms with Crippen LogP contribution in [0.4, 0.5) is 0 Å². The summed E-state index contributed by atoms with van der Waals surface area (Å²) in [6.07, 6.45) is 1.72.